The molecule has 1 amide bonds. The molecule has 1 N–H and O–H groups in total. The Bertz CT molecular complexity index is 1430. The Morgan fingerprint density at radius 1 is 1.03 bits per heavy atom. The number of methoxy groups -OCH3 is 2. The largest absolute Gasteiger partial charge is 0.495 e. The second-order valence-corrected chi connectivity index (χ2v) is 9.61. The highest BCUT2D eigenvalue weighted by molar-refractivity contribution is 9.10. The number of ether oxygens (including phenoxy) is 2. The van der Waals surface area contributed by atoms with Gasteiger partial charge >= 0.3 is 10.1 Å². The van der Waals surface area contributed by atoms with Crippen molar-refractivity contribution in [2.75, 3.05) is 19.5 Å². The molecule has 3 rings (SSSR count). The molecule has 0 saturated heterocycles. The van der Waals surface area contributed by atoms with Gasteiger partial charge in [0.25, 0.3) is 5.91 Å². The van der Waals surface area contributed by atoms with E-state index in [9.17, 15) is 18.5 Å². The first-order valence-corrected chi connectivity index (χ1v) is 12.3. The topological polar surface area (TPSA) is 115 Å². The van der Waals surface area contributed by atoms with Crippen molar-refractivity contribution < 1.29 is 26.9 Å². The molecule has 0 aliphatic rings. The minimum atomic E-state index is -4.13. The van der Waals surface area contributed by atoms with Gasteiger partial charge in [0.15, 0.2) is 11.5 Å². The van der Waals surface area contributed by atoms with E-state index >= 15 is 0 Å². The normalized spacial score (nSPS) is 11.3. The number of hydrogen-bond acceptors (Lipinski definition) is 7. The lowest BCUT2D eigenvalue weighted by atomic mass is 10.1. The maximum Gasteiger partial charge on any atom is 0.339 e. The average molecular weight is 557 g/mol. The Labute approximate surface area is 212 Å². The SMILES string of the molecule is COc1ccccc1NC(=O)/C(C#N)=C/c1cc(Br)c(OS(=O)(=O)c2ccc(C)cc2)c(OC)c1. The van der Waals surface area contributed by atoms with E-state index in [1.54, 1.807) is 36.4 Å². The fourth-order valence-electron chi connectivity index (χ4n) is 3.02. The summed E-state index contributed by atoms with van der Waals surface area (Å²) in [5.41, 5.74) is 1.53. The number of halogens is 1. The van der Waals surface area contributed by atoms with Gasteiger partial charge in [-0.15, -0.1) is 0 Å². The number of carbonyl (C=O) groups is 1. The van der Waals surface area contributed by atoms with Crippen molar-refractivity contribution in [3.8, 4) is 23.3 Å². The molecule has 0 aliphatic heterocycles. The van der Waals surface area contributed by atoms with Gasteiger partial charge in [0.2, 0.25) is 0 Å². The molecule has 0 bridgehead atoms. The second-order valence-electron chi connectivity index (χ2n) is 7.21. The number of carbonyl (C=O) groups excluding carboxylic acids is 1. The Hall–Kier alpha value is -3.81. The molecule has 0 aromatic heterocycles. The number of hydrogen-bond donors (Lipinski definition) is 1. The fraction of sp³-hybridized carbons (Fsp3) is 0.120. The van der Waals surface area contributed by atoms with E-state index in [0.717, 1.165) is 5.56 Å². The van der Waals surface area contributed by atoms with E-state index in [0.29, 0.717) is 17.0 Å². The first kappa shape index (κ1) is 25.8. The summed E-state index contributed by atoms with van der Waals surface area (Å²) in [5, 5.41) is 12.2. The van der Waals surface area contributed by atoms with Crippen LogP contribution in [0.1, 0.15) is 11.1 Å². The Kier molecular flexibility index (Phi) is 8.17. The standard InChI is InChI=1S/C25H21BrN2O6S/c1-16-8-10-19(11-9-16)35(30,31)34-24-20(26)13-17(14-23(24)33-3)12-18(15-27)25(29)28-21-6-4-5-7-22(21)32-2/h4-14H,1-3H3,(H,28,29)/b18-12+. The number of amides is 1. The maximum absolute atomic E-state index is 12.7. The third kappa shape index (κ3) is 6.20. The number of anilines is 1. The molecular formula is C25H21BrN2O6S. The molecule has 0 aliphatic carbocycles. The smallest absolute Gasteiger partial charge is 0.339 e. The third-order valence-electron chi connectivity index (χ3n) is 4.79. The van der Waals surface area contributed by atoms with Crippen LogP contribution in [0.25, 0.3) is 6.08 Å². The molecule has 3 aromatic carbocycles. The molecule has 180 valence electrons. The van der Waals surface area contributed by atoms with Gasteiger partial charge in [0.1, 0.15) is 22.3 Å². The molecule has 0 spiro atoms. The number of rotatable bonds is 8. The highest BCUT2D eigenvalue weighted by Crippen LogP contribution is 2.39. The van der Waals surface area contributed by atoms with E-state index in [4.69, 9.17) is 13.7 Å². The summed E-state index contributed by atoms with van der Waals surface area (Å²) in [4.78, 5) is 12.7. The van der Waals surface area contributed by atoms with E-state index in [1.165, 1.54) is 44.6 Å². The van der Waals surface area contributed by atoms with Gasteiger partial charge in [0.05, 0.1) is 24.4 Å². The van der Waals surface area contributed by atoms with Crippen LogP contribution in [-0.2, 0) is 14.9 Å². The van der Waals surface area contributed by atoms with Crippen molar-refractivity contribution in [2.45, 2.75) is 11.8 Å². The lowest BCUT2D eigenvalue weighted by Gasteiger charge is -2.14. The highest BCUT2D eigenvalue weighted by Gasteiger charge is 2.22. The molecule has 0 atom stereocenters. The zero-order chi connectivity index (χ0) is 25.6. The monoisotopic (exact) mass is 556 g/mol. The molecule has 35 heavy (non-hydrogen) atoms. The van der Waals surface area contributed by atoms with Crippen LogP contribution in [0.15, 0.2) is 75.6 Å². The van der Waals surface area contributed by atoms with Crippen LogP contribution < -0.4 is 19.0 Å². The zero-order valence-electron chi connectivity index (χ0n) is 19.0. The van der Waals surface area contributed by atoms with Gasteiger partial charge in [-0.2, -0.15) is 13.7 Å². The van der Waals surface area contributed by atoms with Crippen LogP contribution in [0.5, 0.6) is 17.2 Å². The minimum Gasteiger partial charge on any atom is -0.495 e. The molecule has 8 nitrogen and oxygen atoms in total. The summed E-state index contributed by atoms with van der Waals surface area (Å²) in [6.45, 7) is 1.84. The number of nitrogens with one attached hydrogen (secondary N) is 1. The Morgan fingerprint density at radius 2 is 1.69 bits per heavy atom. The van der Waals surface area contributed by atoms with Crippen LogP contribution >= 0.6 is 15.9 Å². The van der Waals surface area contributed by atoms with Crippen LogP contribution in [0.4, 0.5) is 5.69 Å². The average Bonchev–Trinajstić information content (AvgIpc) is 2.84. The summed E-state index contributed by atoms with van der Waals surface area (Å²) in [7, 11) is -1.32. The van der Waals surface area contributed by atoms with Crippen molar-refractivity contribution in [1.29, 1.82) is 5.26 Å². The predicted octanol–water partition coefficient (Wildman–Crippen LogP) is 5.09. The van der Waals surface area contributed by atoms with E-state index < -0.39 is 16.0 Å². The summed E-state index contributed by atoms with van der Waals surface area (Å²) >= 11 is 3.30. The summed E-state index contributed by atoms with van der Waals surface area (Å²) in [6.07, 6.45) is 1.34. The highest BCUT2D eigenvalue weighted by atomic mass is 79.9. The Morgan fingerprint density at radius 3 is 2.31 bits per heavy atom. The summed E-state index contributed by atoms with van der Waals surface area (Å²) < 4.78 is 41.6. The van der Waals surface area contributed by atoms with Crippen LogP contribution in [-0.4, -0.2) is 28.5 Å². The van der Waals surface area contributed by atoms with Gasteiger partial charge in [-0.05, 0) is 70.9 Å². The summed E-state index contributed by atoms with van der Waals surface area (Å²) in [6, 6.07) is 17.8. The number of nitrogens with zero attached hydrogens (tertiary/aromatic N) is 1. The van der Waals surface area contributed by atoms with Crippen molar-refractivity contribution >= 4 is 43.7 Å². The molecule has 0 saturated carbocycles. The van der Waals surface area contributed by atoms with Crippen LogP contribution in [0.3, 0.4) is 0 Å². The molecule has 10 heteroatoms. The number of aryl methyl sites for hydroxylation is 1. The van der Waals surface area contributed by atoms with Crippen molar-refractivity contribution in [2.24, 2.45) is 0 Å². The molecule has 0 unspecified atom stereocenters. The molecule has 3 aromatic rings. The number of benzene rings is 3. The molecular weight excluding hydrogens is 536 g/mol. The van der Waals surface area contributed by atoms with Crippen LogP contribution in [0.2, 0.25) is 0 Å². The summed E-state index contributed by atoms with van der Waals surface area (Å²) in [5.74, 6) is -0.181. The zero-order valence-corrected chi connectivity index (χ0v) is 21.4. The second kappa shape index (κ2) is 11.1. The van der Waals surface area contributed by atoms with Gasteiger partial charge in [-0.3, -0.25) is 4.79 Å². The first-order valence-electron chi connectivity index (χ1n) is 10.1. The van der Waals surface area contributed by atoms with E-state index in [2.05, 4.69) is 21.2 Å². The van der Waals surface area contributed by atoms with E-state index in [-0.39, 0.29) is 26.4 Å². The number of nitriles is 1. The van der Waals surface area contributed by atoms with Gasteiger partial charge in [-0.1, -0.05) is 29.8 Å². The quantitative estimate of drug-likeness (QED) is 0.233. The third-order valence-corrected chi connectivity index (χ3v) is 6.61. The lowest BCUT2D eigenvalue weighted by Crippen LogP contribution is -2.14. The molecule has 0 radical (unpaired) electrons. The Balaban J connectivity index is 1.92. The van der Waals surface area contributed by atoms with Crippen LogP contribution in [0, 0.1) is 18.3 Å². The van der Waals surface area contributed by atoms with Gasteiger partial charge < -0.3 is 19.0 Å². The maximum atomic E-state index is 12.7. The first-order chi connectivity index (χ1) is 16.7. The minimum absolute atomic E-state index is 0.0131. The fourth-order valence-corrected chi connectivity index (χ4v) is 4.62. The number of para-hydroxylation sites is 2. The van der Waals surface area contributed by atoms with Gasteiger partial charge in [-0.25, -0.2) is 0 Å². The van der Waals surface area contributed by atoms with Crippen molar-refractivity contribution in [3.63, 3.8) is 0 Å². The molecule has 0 fully saturated rings. The predicted molar refractivity (Wildman–Crippen MR) is 135 cm³/mol. The molecule has 0 heterocycles. The van der Waals surface area contributed by atoms with Crippen molar-refractivity contribution in [1.82, 2.24) is 0 Å². The van der Waals surface area contributed by atoms with Gasteiger partial charge in [0, 0.05) is 0 Å². The van der Waals surface area contributed by atoms with E-state index in [1.807, 2.05) is 13.0 Å². The van der Waals surface area contributed by atoms with Crippen molar-refractivity contribution in [3.05, 3.63) is 81.8 Å². The lowest BCUT2D eigenvalue weighted by molar-refractivity contribution is -0.112.